The Bertz CT molecular complexity index is 1420. The molecule has 0 aliphatic heterocycles. The van der Waals surface area contributed by atoms with Crippen LogP contribution in [-0.2, 0) is 0 Å². The van der Waals surface area contributed by atoms with Crippen LogP contribution in [0, 0.1) is 13.7 Å². The summed E-state index contributed by atoms with van der Waals surface area (Å²) in [4.78, 5) is 28.5. The molecule has 0 amide bonds. The van der Waals surface area contributed by atoms with E-state index in [0.717, 1.165) is 9.13 Å². The molecule has 4 rings (SSSR count). The van der Waals surface area contributed by atoms with Crippen molar-refractivity contribution in [3.63, 3.8) is 0 Å². The quantitative estimate of drug-likeness (QED) is 0.210. The number of non-ortho nitro benzene ring substituents is 1. The van der Waals surface area contributed by atoms with E-state index in [-0.39, 0.29) is 27.7 Å². The lowest BCUT2D eigenvalue weighted by molar-refractivity contribution is -0.384. The van der Waals surface area contributed by atoms with Gasteiger partial charge in [-0.2, -0.15) is 0 Å². The molecule has 3 aromatic carbocycles. The molecule has 0 saturated carbocycles. The number of nitro groups is 1. The van der Waals surface area contributed by atoms with E-state index in [2.05, 4.69) is 27.6 Å². The van der Waals surface area contributed by atoms with Crippen LogP contribution >= 0.6 is 34.2 Å². The van der Waals surface area contributed by atoms with Gasteiger partial charge in [-0.15, -0.1) is 0 Å². The van der Waals surface area contributed by atoms with Crippen molar-refractivity contribution in [3.8, 4) is 11.4 Å². The van der Waals surface area contributed by atoms with E-state index in [4.69, 9.17) is 11.6 Å². The molecule has 31 heavy (non-hydrogen) atoms. The molecule has 1 aromatic heterocycles. The number of benzene rings is 3. The van der Waals surface area contributed by atoms with Crippen LogP contribution < -0.4 is 5.56 Å². The Morgan fingerprint density at radius 1 is 1.06 bits per heavy atom. The zero-order valence-corrected chi connectivity index (χ0v) is 18.6. The van der Waals surface area contributed by atoms with Crippen molar-refractivity contribution in [1.29, 1.82) is 0 Å². The molecule has 0 saturated heterocycles. The van der Waals surface area contributed by atoms with Crippen LogP contribution in [0.5, 0.6) is 5.75 Å². The highest BCUT2D eigenvalue weighted by Crippen LogP contribution is 2.27. The lowest BCUT2D eigenvalue weighted by Crippen LogP contribution is -2.22. The van der Waals surface area contributed by atoms with Crippen molar-refractivity contribution in [2.75, 3.05) is 0 Å². The van der Waals surface area contributed by atoms with Crippen molar-refractivity contribution in [1.82, 2.24) is 9.55 Å². The Kier molecular flexibility index (Phi) is 5.75. The largest absolute Gasteiger partial charge is 0.508 e. The van der Waals surface area contributed by atoms with Gasteiger partial charge in [-0.3, -0.25) is 19.5 Å². The number of halogens is 2. The summed E-state index contributed by atoms with van der Waals surface area (Å²) in [5.41, 5.74) is 1.08. The maximum Gasteiger partial charge on any atom is 0.271 e. The minimum Gasteiger partial charge on any atom is -0.508 e. The molecule has 0 aliphatic rings. The number of hydrogen-bond acceptors (Lipinski definition) is 5. The summed E-state index contributed by atoms with van der Waals surface area (Å²) in [7, 11) is 0. The predicted octanol–water partition coefficient (Wildman–Crippen LogP) is 5.43. The number of phenols is 1. The molecule has 0 unspecified atom stereocenters. The molecule has 1 heterocycles. The van der Waals surface area contributed by atoms with Crippen LogP contribution in [-0.4, -0.2) is 19.6 Å². The van der Waals surface area contributed by atoms with Gasteiger partial charge in [-0.1, -0.05) is 29.8 Å². The smallest absolute Gasteiger partial charge is 0.271 e. The van der Waals surface area contributed by atoms with Gasteiger partial charge in [0.25, 0.3) is 11.2 Å². The van der Waals surface area contributed by atoms with Crippen molar-refractivity contribution in [2.45, 2.75) is 0 Å². The minimum absolute atomic E-state index is 0.0577. The highest BCUT2D eigenvalue weighted by molar-refractivity contribution is 14.1. The van der Waals surface area contributed by atoms with Gasteiger partial charge in [-0.25, -0.2) is 4.98 Å². The molecule has 0 spiro atoms. The summed E-state index contributed by atoms with van der Waals surface area (Å²) >= 11 is 8.44. The first-order valence-electron chi connectivity index (χ1n) is 8.97. The number of aromatic nitrogens is 2. The molecule has 4 aromatic rings. The Morgan fingerprint density at radius 3 is 2.48 bits per heavy atom. The van der Waals surface area contributed by atoms with E-state index in [0.29, 0.717) is 16.7 Å². The number of rotatable bonds is 4. The van der Waals surface area contributed by atoms with E-state index in [1.54, 1.807) is 48.6 Å². The third-order valence-electron chi connectivity index (χ3n) is 4.56. The summed E-state index contributed by atoms with van der Waals surface area (Å²) < 4.78 is 2.21. The molecule has 0 fully saturated rings. The van der Waals surface area contributed by atoms with Crippen molar-refractivity contribution >= 4 is 62.9 Å². The van der Waals surface area contributed by atoms with Crippen LogP contribution in [0.4, 0.5) is 5.69 Å². The SMILES string of the molecule is O=c1c2cc(I)ccc2nc(C=Cc2ccc(O)cc2)n1-c1ccc([N+](=O)[O-])cc1Cl. The van der Waals surface area contributed by atoms with Crippen LogP contribution in [0.25, 0.3) is 28.7 Å². The van der Waals surface area contributed by atoms with Gasteiger partial charge in [0, 0.05) is 15.7 Å². The summed E-state index contributed by atoms with van der Waals surface area (Å²) in [5.74, 6) is 0.452. The lowest BCUT2D eigenvalue weighted by Gasteiger charge is -2.13. The average molecular weight is 546 g/mol. The maximum atomic E-state index is 13.4. The zero-order valence-electron chi connectivity index (χ0n) is 15.7. The van der Waals surface area contributed by atoms with Crippen LogP contribution in [0.3, 0.4) is 0 Å². The number of hydrogen-bond donors (Lipinski definition) is 1. The summed E-state index contributed by atoms with van der Waals surface area (Å²) in [6, 6.07) is 15.8. The highest BCUT2D eigenvalue weighted by atomic mass is 127. The Balaban J connectivity index is 1.96. The fourth-order valence-electron chi connectivity index (χ4n) is 3.07. The molecule has 1 N–H and O–H groups in total. The summed E-state index contributed by atoms with van der Waals surface area (Å²) in [6.07, 6.45) is 3.40. The number of aromatic hydroxyl groups is 1. The molecular formula is C22H13ClIN3O4. The second kappa shape index (κ2) is 8.48. The third kappa shape index (κ3) is 4.30. The normalized spacial score (nSPS) is 11.3. The third-order valence-corrected chi connectivity index (χ3v) is 5.53. The Hall–Kier alpha value is -3.24. The second-order valence-electron chi connectivity index (χ2n) is 6.59. The number of phenolic OH excluding ortho intramolecular Hbond substituents is 1. The van der Waals surface area contributed by atoms with Crippen molar-refractivity contribution < 1.29 is 10.0 Å². The van der Waals surface area contributed by atoms with Gasteiger partial charge in [0.2, 0.25) is 0 Å². The zero-order chi connectivity index (χ0) is 22.1. The lowest BCUT2D eigenvalue weighted by atomic mass is 10.2. The number of nitrogens with zero attached hydrogens (tertiary/aromatic N) is 3. The Labute approximate surface area is 194 Å². The van der Waals surface area contributed by atoms with Crippen molar-refractivity contribution in [3.05, 3.63) is 101 Å². The van der Waals surface area contributed by atoms with E-state index < -0.39 is 4.92 Å². The van der Waals surface area contributed by atoms with Crippen molar-refractivity contribution in [2.24, 2.45) is 0 Å². The minimum atomic E-state index is -0.551. The summed E-state index contributed by atoms with van der Waals surface area (Å²) in [5, 5.41) is 21.0. The average Bonchev–Trinajstić information content (AvgIpc) is 2.74. The Morgan fingerprint density at radius 2 is 1.81 bits per heavy atom. The van der Waals surface area contributed by atoms with Crippen LogP contribution in [0.2, 0.25) is 5.02 Å². The van der Waals surface area contributed by atoms with Gasteiger partial charge < -0.3 is 5.11 Å². The molecule has 0 atom stereocenters. The van der Waals surface area contributed by atoms with Gasteiger partial charge in [0.15, 0.2) is 0 Å². The molecular weight excluding hydrogens is 533 g/mol. The number of fused-ring (bicyclic) bond motifs is 1. The summed E-state index contributed by atoms with van der Waals surface area (Å²) in [6.45, 7) is 0. The molecule has 154 valence electrons. The van der Waals surface area contributed by atoms with Crippen LogP contribution in [0.1, 0.15) is 11.4 Å². The van der Waals surface area contributed by atoms with E-state index >= 15 is 0 Å². The highest BCUT2D eigenvalue weighted by Gasteiger charge is 2.16. The maximum absolute atomic E-state index is 13.4. The number of nitro benzene ring substituents is 1. The molecule has 7 nitrogen and oxygen atoms in total. The second-order valence-corrected chi connectivity index (χ2v) is 8.24. The first-order chi connectivity index (χ1) is 14.8. The monoisotopic (exact) mass is 545 g/mol. The van der Waals surface area contributed by atoms with E-state index in [1.807, 2.05) is 6.07 Å². The van der Waals surface area contributed by atoms with Gasteiger partial charge in [0.1, 0.15) is 11.6 Å². The molecule has 0 radical (unpaired) electrons. The van der Waals surface area contributed by atoms with Gasteiger partial charge in [-0.05, 0) is 70.6 Å². The standard InChI is InChI=1S/C22H13ClIN3O4/c23-18-12-15(27(30)31)5-9-20(18)26-21(10-3-13-1-6-16(28)7-2-13)25-19-8-4-14(24)11-17(19)22(26)29/h1-12,28H. The fraction of sp³-hybridized carbons (Fsp3) is 0. The van der Waals surface area contributed by atoms with Crippen LogP contribution in [0.15, 0.2) is 65.5 Å². The van der Waals surface area contributed by atoms with E-state index in [1.165, 1.54) is 22.8 Å². The molecule has 9 heteroatoms. The van der Waals surface area contributed by atoms with E-state index in [9.17, 15) is 20.0 Å². The van der Waals surface area contributed by atoms with Gasteiger partial charge in [0.05, 0.1) is 26.5 Å². The predicted molar refractivity (Wildman–Crippen MR) is 129 cm³/mol. The van der Waals surface area contributed by atoms with Gasteiger partial charge >= 0.3 is 0 Å². The fourth-order valence-corrected chi connectivity index (χ4v) is 3.82. The topological polar surface area (TPSA) is 98.3 Å². The first-order valence-corrected chi connectivity index (χ1v) is 10.4. The molecule has 0 aliphatic carbocycles. The molecule has 0 bridgehead atoms. The first kappa shape index (κ1) is 21.0.